The van der Waals surface area contributed by atoms with E-state index >= 15 is 0 Å². The van der Waals surface area contributed by atoms with Crippen LogP contribution in [0.2, 0.25) is 0 Å². The molecule has 0 aliphatic heterocycles. The lowest BCUT2D eigenvalue weighted by molar-refractivity contribution is 0.238. The van der Waals surface area contributed by atoms with Crippen LogP contribution >= 0.6 is 517 Å². The second kappa shape index (κ2) is 74.4. The first-order valence-electron chi connectivity index (χ1n) is 28.3. The van der Waals surface area contributed by atoms with E-state index in [0.29, 0.717) is 30.3 Å². The highest BCUT2D eigenvalue weighted by molar-refractivity contribution is 9.47. The zero-order valence-electron chi connectivity index (χ0n) is 57.1. The molecule has 40 unspecified atom stereocenters. The van der Waals surface area contributed by atoms with Crippen LogP contribution in [0.3, 0.4) is 0 Å². The Hall–Kier alpha value is 25.2. The summed E-state index contributed by atoms with van der Waals surface area (Å²) in [6.07, 6.45) is 13.8. The quantitative estimate of drug-likeness (QED) is 0.0407. The molecule has 46 atom stereocenters. The van der Waals surface area contributed by atoms with E-state index in [1.54, 1.807) is 16.4 Å². The van der Waals surface area contributed by atoms with Crippen LogP contribution in [0, 0.1) is 35.5 Å². The summed E-state index contributed by atoms with van der Waals surface area (Å²) < 4.78 is 1.80. The van der Waals surface area contributed by atoms with Gasteiger partial charge >= 0.3 is 0 Å². The van der Waals surface area contributed by atoms with Gasteiger partial charge in [0, 0.05) is 12.4 Å². The molecule has 1 N–H and O–H groups in total. The lowest BCUT2D eigenvalue weighted by atomic mass is 9.92. The topological polar surface area (TPSA) is 63.8 Å². The molecule has 0 spiro atoms. The largest absolute Gasteiger partial charge is 0.396 e. The first-order valence-corrected chi connectivity index (χ1v) is 143. The van der Waals surface area contributed by atoms with Gasteiger partial charge < -0.3 is 5.11 Å². The molecule has 0 fully saturated rings. The van der Waals surface area contributed by atoms with Crippen molar-refractivity contribution >= 4 is 517 Å². The van der Waals surface area contributed by atoms with Crippen LogP contribution < -0.4 is 0 Å². The summed E-state index contributed by atoms with van der Waals surface area (Å²) in [6.45, 7) is 17.7. The van der Waals surface area contributed by atoms with Gasteiger partial charge in [0.05, 0.1) is 5.69 Å². The molecule has 0 saturated carbocycles. The predicted octanol–water partition coefficient (Wildman–Crippen LogP) is 44.6. The summed E-state index contributed by atoms with van der Waals surface area (Å²) in [7, 11) is 110. The van der Waals surface area contributed by atoms with Crippen LogP contribution in [-0.2, 0) is 0 Å². The van der Waals surface area contributed by atoms with Crippen LogP contribution in [0.4, 0.5) is 0 Å². The average molecular weight is 2550 g/mol. The van der Waals surface area contributed by atoms with Crippen molar-refractivity contribution in [3.05, 3.63) is 54.6 Å². The number of para-hydroxylation sites is 1. The highest BCUT2D eigenvalue weighted by Crippen LogP contribution is 3.41. The third-order valence-corrected chi connectivity index (χ3v) is 433. The first kappa shape index (κ1) is 127. The molecule has 0 saturated heterocycles. The van der Waals surface area contributed by atoms with E-state index in [1.807, 2.05) is 30.3 Å². The van der Waals surface area contributed by atoms with E-state index in [0.717, 1.165) is 49.2 Å². The predicted molar refractivity (Wildman–Crippen MR) is 689 cm³/mol. The summed E-state index contributed by atoms with van der Waals surface area (Å²) in [6, 6.07) is 10.0. The van der Waals surface area contributed by atoms with Gasteiger partial charge in [-0.25, -0.2) is 0 Å². The molecule has 2 aromatic rings. The van der Waals surface area contributed by atoms with E-state index in [1.165, 1.54) is 12.8 Å². The zero-order valence-corrected chi connectivity index (χ0v) is 123. The zero-order chi connectivity index (χ0) is 78.1. The number of tetrazole rings is 1. The van der Waals surface area contributed by atoms with Gasteiger partial charge in [0.2, 0.25) is 5.16 Å². The van der Waals surface area contributed by atoms with Crippen molar-refractivity contribution in [2.45, 2.75) is 86.2 Å². The number of rotatable bonds is 43. The number of thioether (sulfide) groups is 1. The highest BCUT2D eigenvalue weighted by atomic mass is 33.5. The number of aromatic nitrogens is 4. The molecule has 5 nitrogen and oxygen atoms in total. The van der Waals surface area contributed by atoms with Gasteiger partial charge in [-0.15, -0.1) is 300 Å². The molecule has 1 heterocycles. The van der Waals surface area contributed by atoms with E-state index in [9.17, 15) is 0 Å². The summed E-state index contributed by atoms with van der Waals surface area (Å²) in [5.74, 6) is 4.84. The van der Waals surface area contributed by atoms with Gasteiger partial charge in [0.1, 0.15) is 0 Å². The Morgan fingerprint density at radius 3 is 0.970 bits per heavy atom. The number of aliphatic hydroxyl groups excluding tert-OH is 1. The summed E-state index contributed by atoms with van der Waals surface area (Å²) in [5.41, 5.74) is 1.000. The lowest BCUT2D eigenvalue weighted by Crippen LogP contribution is -2.04. The van der Waals surface area contributed by atoms with Crippen molar-refractivity contribution in [2.24, 2.45) is 35.5 Å². The third kappa shape index (κ3) is 51.9. The molecular formula is C31H119N4OP63S. The van der Waals surface area contributed by atoms with Crippen molar-refractivity contribution < 1.29 is 5.11 Å². The lowest BCUT2D eigenvalue weighted by Gasteiger charge is -2.53. The minimum Gasteiger partial charge on any atom is -0.396 e. The van der Waals surface area contributed by atoms with E-state index in [4.69, 9.17) is 5.11 Å². The number of aliphatic hydroxyl groups is 1. The fraction of sp³-hybridized carbons (Fsp3) is 0.645. The van der Waals surface area contributed by atoms with Gasteiger partial charge in [-0.1, -0.05) is 130 Å². The van der Waals surface area contributed by atoms with E-state index in [2.05, 4.69) is 390 Å². The van der Waals surface area contributed by atoms with Gasteiger partial charge in [-0.3, -0.25) is 0 Å². The van der Waals surface area contributed by atoms with Gasteiger partial charge in [-0.05, 0) is 274 Å². The second-order valence-electron chi connectivity index (χ2n) is 20.4. The highest BCUT2D eigenvalue weighted by Gasteiger charge is 2.53. The van der Waals surface area contributed by atoms with Crippen LogP contribution in [0.1, 0.15) is 81.1 Å². The Balaban J connectivity index is 0. The number of allylic oxidation sites excluding steroid dienone is 4. The fourth-order valence-electron chi connectivity index (χ4n) is 6.93. The summed E-state index contributed by atoms with van der Waals surface area (Å²) in [4.78, 5) is 0. The molecule has 0 amide bonds. The molecule has 0 bridgehead atoms. The van der Waals surface area contributed by atoms with Crippen LogP contribution in [0.15, 0.2) is 59.8 Å². The smallest absolute Gasteiger partial charge is 0.214 e. The normalized spacial score (nSPS) is 16.9. The Kier molecular flexibility index (Phi) is 94.6. The molecule has 2 rings (SSSR count). The number of benzene rings is 1. The molecule has 69 heteroatoms. The molecule has 0 aliphatic rings. The average Bonchev–Trinajstić information content (AvgIpc) is 0.836. The SMILES string of the molecule is CC[C@H](C)[C@@H](C)/C=C/C[C@H](C)CO.CC[C@H](C)[C@@H](C)/C=C/C[C@H](C)CSc1nnnn1-c1ccccc1.PP(P)P(P)P(P(P)P)P(P(P(P)P)P(P)P)P(P(P(P)P)P(P)P)P(P(P)P)P(P)P.PPP(P)P(P(P)P)P(P(P(P)P)P(P)P)P(P(P(P)P)P(P)P)P(P(P)P)P(P)P. The molecule has 0 aliphatic carbocycles. The van der Waals surface area contributed by atoms with Crippen molar-refractivity contribution in [3.63, 3.8) is 0 Å². The van der Waals surface area contributed by atoms with Crippen molar-refractivity contribution in [1.29, 1.82) is 0 Å². The third-order valence-electron chi connectivity index (χ3n) is 12.5. The second-order valence-corrected chi connectivity index (χ2v) is 274. The summed E-state index contributed by atoms with van der Waals surface area (Å²) >= 11 is 1.72. The Morgan fingerprint density at radius 2 is 0.700 bits per heavy atom. The van der Waals surface area contributed by atoms with Crippen molar-refractivity contribution in [1.82, 2.24) is 20.2 Å². The number of nitrogens with zero attached hydrogens (tertiary/aromatic N) is 4. The maximum absolute atomic E-state index is 8.82. The minimum absolute atomic E-state index is 0.0135. The Morgan fingerprint density at radius 1 is 0.410 bits per heavy atom. The molecule has 590 valence electrons. The van der Waals surface area contributed by atoms with Gasteiger partial charge in [0.25, 0.3) is 0 Å². The maximum Gasteiger partial charge on any atom is 0.214 e. The molecule has 1 aromatic heterocycles. The van der Waals surface area contributed by atoms with Crippen LogP contribution in [0.5, 0.6) is 0 Å². The standard InChI is InChI=1S/C19H28N4S.C12H24O.H34P32.H33P31/c1-5-16(3)17(4)11-9-10-15(2)14-24-19-20-21-22-23(19)18-12-7-6-8-13-18;1-5-11(3)12(4)8-6-7-10(2)9-13;1-18(2)26(17)30(25(15)16)32(29(23(11)12)24(13)14)31(27(19(3)4)20(5)6)28(21(7)8)22(9)10;1-17-25(16)29(24(14)15)31(28(22(10)11)23(12)13)30(26(18(2)3)19(4)5)27(20(6)7)21(8)9/h6-9,11-13,15-17H,5,10,14H2,1-4H3;6,8,10-13H,5,7,9H2,1-4H3;1-17H2;17H,1-16H2/b11-9+;8-6+;;/t15-,16-,17-;10-,11-,12-;;/m00../s1. The van der Waals surface area contributed by atoms with Crippen LogP contribution in [0.25, 0.3) is 5.69 Å². The fourth-order valence-corrected chi connectivity index (χ4v) is 830. The van der Waals surface area contributed by atoms with Crippen LogP contribution in [-0.4, -0.2) is 37.7 Å². The van der Waals surface area contributed by atoms with Crippen molar-refractivity contribution in [3.8, 4) is 5.69 Å². The number of hydrogen-bond acceptors (Lipinski definition) is 5. The molecule has 100 heavy (non-hydrogen) atoms. The Bertz CT molecular complexity index is 2320. The van der Waals surface area contributed by atoms with E-state index in [-0.39, 0.29) is 203 Å². The Labute approximate surface area is 727 Å². The molecular weight excluding hydrogens is 2430 g/mol. The van der Waals surface area contributed by atoms with Gasteiger partial charge in [0.15, 0.2) is 0 Å². The molecule has 0 radical (unpaired) electrons. The minimum atomic E-state index is -0.0805. The van der Waals surface area contributed by atoms with Gasteiger partial charge in [-0.2, -0.15) is 4.68 Å². The molecule has 1 aromatic carbocycles. The van der Waals surface area contributed by atoms with E-state index < -0.39 is 0 Å². The maximum atomic E-state index is 8.82. The number of hydrogen-bond donors (Lipinski definition) is 1. The van der Waals surface area contributed by atoms with Crippen molar-refractivity contribution in [2.75, 3.05) is 12.4 Å². The monoisotopic (exact) mass is 2550 g/mol. The summed E-state index contributed by atoms with van der Waals surface area (Å²) in [5, 5.41) is 21.7. The first-order chi connectivity index (χ1) is 46.3.